The Bertz CT molecular complexity index is 504. The molecule has 0 saturated heterocycles. The van der Waals surface area contributed by atoms with E-state index >= 15 is 0 Å². The zero-order valence-corrected chi connectivity index (χ0v) is 10.5. The van der Waals surface area contributed by atoms with Gasteiger partial charge in [0.25, 0.3) is 5.69 Å². The number of halogens is 2. The fourth-order valence-electron chi connectivity index (χ4n) is 1.57. The molecule has 0 bridgehead atoms. The first-order valence-corrected chi connectivity index (χ1v) is 5.65. The summed E-state index contributed by atoms with van der Waals surface area (Å²) in [4.78, 5) is 14.5. The molecule has 5 nitrogen and oxygen atoms in total. The number of nitro groups is 1. The lowest BCUT2D eigenvalue weighted by molar-refractivity contribution is -0.384. The first-order chi connectivity index (χ1) is 7.52. The Balaban J connectivity index is 2.74. The molecule has 1 aliphatic rings. The summed E-state index contributed by atoms with van der Waals surface area (Å²) in [6, 6.07) is 1.75. The monoisotopic (exact) mass is 303 g/mol. The molecule has 0 radical (unpaired) electrons. The van der Waals surface area contributed by atoms with E-state index in [1.165, 1.54) is 6.34 Å². The summed E-state index contributed by atoms with van der Waals surface area (Å²) in [5.74, 6) is 0. The van der Waals surface area contributed by atoms with E-state index < -0.39 is 10.4 Å². The lowest BCUT2D eigenvalue weighted by Gasteiger charge is -2.18. The molecular weight excluding hydrogens is 297 g/mol. The van der Waals surface area contributed by atoms with Gasteiger partial charge in [-0.1, -0.05) is 27.5 Å². The molecule has 1 atom stereocenters. The Morgan fingerprint density at radius 2 is 2.38 bits per heavy atom. The van der Waals surface area contributed by atoms with Crippen LogP contribution in [0.1, 0.15) is 16.6 Å². The van der Waals surface area contributed by atoms with Crippen LogP contribution in [-0.4, -0.2) is 11.3 Å². The number of aliphatic imine (C=N–C) groups is 1. The van der Waals surface area contributed by atoms with Gasteiger partial charge >= 0.3 is 0 Å². The third-order valence-electron chi connectivity index (χ3n) is 2.37. The number of nitro benzene ring substituents is 1. The highest BCUT2D eigenvalue weighted by Gasteiger charge is 2.27. The number of nitrogens with one attached hydrogen (secondary N) is 1. The van der Waals surface area contributed by atoms with Crippen LogP contribution in [0.3, 0.4) is 0 Å². The third-order valence-corrected chi connectivity index (χ3v) is 3.55. The van der Waals surface area contributed by atoms with Crippen LogP contribution >= 0.6 is 27.5 Å². The molecule has 0 aliphatic carbocycles. The molecule has 0 aromatic heterocycles. The number of anilines is 1. The van der Waals surface area contributed by atoms with E-state index in [0.717, 1.165) is 0 Å². The Kier molecular flexibility index (Phi) is 2.86. The molecule has 7 heteroatoms. The van der Waals surface area contributed by atoms with Crippen molar-refractivity contribution in [3.05, 3.63) is 31.8 Å². The van der Waals surface area contributed by atoms with Crippen molar-refractivity contribution < 1.29 is 4.92 Å². The Morgan fingerprint density at radius 3 is 3.00 bits per heavy atom. The second-order valence-electron chi connectivity index (χ2n) is 3.31. The molecule has 1 aromatic rings. The summed E-state index contributed by atoms with van der Waals surface area (Å²) in [5.41, 5.74) is 1.03. The first kappa shape index (κ1) is 11.3. The van der Waals surface area contributed by atoms with Crippen LogP contribution in [0.5, 0.6) is 0 Å². The van der Waals surface area contributed by atoms with Crippen molar-refractivity contribution >= 4 is 45.2 Å². The zero-order valence-electron chi connectivity index (χ0n) is 8.20. The standard InChI is InChI=1S/C9H7BrClN3O2/c1-4-6(10)2-5-7(8(4)14(15)16)12-3-13-9(5)11/h2-3,9H,1H3,(H,12,13). The quantitative estimate of drug-likeness (QED) is 0.374. The first-order valence-electron chi connectivity index (χ1n) is 4.42. The van der Waals surface area contributed by atoms with Crippen molar-refractivity contribution in [2.75, 3.05) is 5.32 Å². The second-order valence-corrected chi connectivity index (χ2v) is 4.58. The number of benzene rings is 1. The van der Waals surface area contributed by atoms with Gasteiger partial charge < -0.3 is 5.32 Å². The number of fused-ring (bicyclic) bond motifs is 1. The van der Waals surface area contributed by atoms with E-state index in [4.69, 9.17) is 11.6 Å². The van der Waals surface area contributed by atoms with Gasteiger partial charge in [-0.3, -0.25) is 15.1 Å². The maximum absolute atomic E-state index is 11.0. The molecular formula is C9H7BrClN3O2. The van der Waals surface area contributed by atoms with Gasteiger partial charge in [0.2, 0.25) is 0 Å². The molecule has 84 valence electrons. The summed E-state index contributed by atoms with van der Waals surface area (Å²) in [6.45, 7) is 1.68. The van der Waals surface area contributed by atoms with Gasteiger partial charge in [-0.25, -0.2) is 0 Å². The number of nitrogens with zero attached hydrogens (tertiary/aromatic N) is 2. The summed E-state index contributed by atoms with van der Waals surface area (Å²) >= 11 is 9.25. The second kappa shape index (κ2) is 4.03. The summed E-state index contributed by atoms with van der Waals surface area (Å²) in [5, 5.41) is 13.8. The van der Waals surface area contributed by atoms with Gasteiger partial charge in [-0.2, -0.15) is 0 Å². The lowest BCUT2D eigenvalue weighted by atomic mass is 10.1. The maximum atomic E-state index is 11.0. The normalized spacial score (nSPS) is 17.8. The smallest absolute Gasteiger partial charge is 0.297 e. The van der Waals surface area contributed by atoms with Crippen molar-refractivity contribution in [3.63, 3.8) is 0 Å². The van der Waals surface area contributed by atoms with Gasteiger partial charge in [0, 0.05) is 15.6 Å². The molecule has 2 rings (SSSR count). The van der Waals surface area contributed by atoms with Gasteiger partial charge in [-0.15, -0.1) is 0 Å². The molecule has 16 heavy (non-hydrogen) atoms. The minimum Gasteiger partial charge on any atom is -0.341 e. The zero-order chi connectivity index (χ0) is 11.9. The number of rotatable bonds is 1. The summed E-state index contributed by atoms with van der Waals surface area (Å²) < 4.78 is 0.655. The molecule has 0 saturated carbocycles. The number of hydrogen-bond acceptors (Lipinski definition) is 4. The Hall–Kier alpha value is -1.14. The van der Waals surface area contributed by atoms with Crippen LogP contribution in [-0.2, 0) is 0 Å². The van der Waals surface area contributed by atoms with Crippen LogP contribution in [0.15, 0.2) is 15.5 Å². The van der Waals surface area contributed by atoms with Crippen LogP contribution in [0.4, 0.5) is 11.4 Å². The van der Waals surface area contributed by atoms with Crippen molar-refractivity contribution in [2.24, 2.45) is 4.99 Å². The molecule has 1 aromatic carbocycles. The maximum Gasteiger partial charge on any atom is 0.297 e. The van der Waals surface area contributed by atoms with Crippen LogP contribution < -0.4 is 5.32 Å². The molecule has 1 unspecified atom stereocenters. The predicted molar refractivity (Wildman–Crippen MR) is 66.2 cm³/mol. The third kappa shape index (κ3) is 1.68. The summed E-state index contributed by atoms with van der Waals surface area (Å²) in [6.07, 6.45) is 1.38. The topological polar surface area (TPSA) is 67.5 Å². The van der Waals surface area contributed by atoms with E-state index in [1.807, 2.05) is 0 Å². The number of hydrogen-bond donors (Lipinski definition) is 1. The van der Waals surface area contributed by atoms with E-state index in [-0.39, 0.29) is 5.69 Å². The summed E-state index contributed by atoms with van der Waals surface area (Å²) in [7, 11) is 0. The van der Waals surface area contributed by atoms with Crippen molar-refractivity contribution in [1.29, 1.82) is 0 Å². The highest BCUT2D eigenvalue weighted by molar-refractivity contribution is 9.10. The predicted octanol–water partition coefficient (Wildman–Crippen LogP) is 3.36. The van der Waals surface area contributed by atoms with Gasteiger partial charge in [-0.05, 0) is 13.0 Å². The molecule has 0 spiro atoms. The van der Waals surface area contributed by atoms with Crippen molar-refractivity contribution in [1.82, 2.24) is 0 Å². The Morgan fingerprint density at radius 1 is 1.69 bits per heavy atom. The molecule has 0 amide bonds. The minimum atomic E-state index is -0.591. The highest BCUT2D eigenvalue weighted by Crippen LogP contribution is 2.42. The number of alkyl halides is 1. The molecule has 1 N–H and O–H groups in total. The average Bonchev–Trinajstić information content (AvgIpc) is 2.21. The lowest BCUT2D eigenvalue weighted by Crippen LogP contribution is -2.11. The molecule has 1 aliphatic heterocycles. The van der Waals surface area contributed by atoms with Crippen LogP contribution in [0.2, 0.25) is 0 Å². The fraction of sp³-hybridized carbons (Fsp3) is 0.222. The van der Waals surface area contributed by atoms with Crippen molar-refractivity contribution in [2.45, 2.75) is 12.4 Å². The van der Waals surface area contributed by atoms with Gasteiger partial charge in [0.15, 0.2) is 5.50 Å². The highest BCUT2D eigenvalue weighted by atomic mass is 79.9. The van der Waals surface area contributed by atoms with Gasteiger partial charge in [0.1, 0.15) is 5.69 Å². The minimum absolute atomic E-state index is 0.0289. The van der Waals surface area contributed by atoms with Crippen molar-refractivity contribution in [3.8, 4) is 0 Å². The Labute approximate surface area is 105 Å². The van der Waals surface area contributed by atoms with Gasteiger partial charge in [0.05, 0.1) is 11.3 Å². The van der Waals surface area contributed by atoms with Crippen LogP contribution in [0.25, 0.3) is 0 Å². The fourth-order valence-corrected chi connectivity index (χ4v) is 2.23. The van der Waals surface area contributed by atoms with E-state index in [2.05, 4.69) is 26.2 Å². The SMILES string of the molecule is Cc1c(Br)cc2c(c1[N+](=O)[O-])NC=NC2Cl. The molecule has 1 heterocycles. The molecule has 0 fully saturated rings. The largest absolute Gasteiger partial charge is 0.341 e. The average molecular weight is 305 g/mol. The van der Waals surface area contributed by atoms with Crippen LogP contribution in [0, 0.1) is 17.0 Å². The van der Waals surface area contributed by atoms with E-state index in [0.29, 0.717) is 21.3 Å². The van der Waals surface area contributed by atoms with E-state index in [9.17, 15) is 10.1 Å². The van der Waals surface area contributed by atoms with E-state index in [1.54, 1.807) is 13.0 Å².